The zero-order valence-corrected chi connectivity index (χ0v) is 12.0. The molecule has 1 aliphatic rings. The predicted molar refractivity (Wildman–Crippen MR) is 69.8 cm³/mol. The van der Waals surface area contributed by atoms with Crippen molar-refractivity contribution in [2.45, 2.75) is 66.0 Å². The highest BCUT2D eigenvalue weighted by atomic mass is 16.5. The normalized spacial score (nSPS) is 24.0. The average Bonchev–Trinajstić information content (AvgIpc) is 2.49. The van der Waals surface area contributed by atoms with Gasteiger partial charge in [-0.25, -0.2) is 0 Å². The second kappa shape index (κ2) is 5.05. The van der Waals surface area contributed by atoms with Crippen LogP contribution in [-0.2, 0) is 4.74 Å². The van der Waals surface area contributed by atoms with Gasteiger partial charge in [-0.3, -0.25) is 4.90 Å². The lowest BCUT2D eigenvalue weighted by Gasteiger charge is -2.31. The first kappa shape index (κ1) is 14.0. The first-order valence-corrected chi connectivity index (χ1v) is 6.55. The van der Waals surface area contributed by atoms with Crippen molar-refractivity contribution in [2.75, 3.05) is 19.7 Å². The van der Waals surface area contributed by atoms with E-state index >= 15 is 0 Å². The monoisotopic (exact) mass is 227 g/mol. The Morgan fingerprint density at radius 2 is 1.75 bits per heavy atom. The molecule has 16 heavy (non-hydrogen) atoms. The van der Waals surface area contributed by atoms with Gasteiger partial charge in [0, 0.05) is 25.2 Å². The molecule has 2 heteroatoms. The fourth-order valence-electron chi connectivity index (χ4n) is 2.01. The van der Waals surface area contributed by atoms with Crippen LogP contribution in [0.4, 0.5) is 0 Å². The Bertz CT molecular complexity index is 212. The molecular weight excluding hydrogens is 198 g/mol. The highest BCUT2D eigenvalue weighted by molar-refractivity contribution is 4.85. The van der Waals surface area contributed by atoms with E-state index in [0.717, 1.165) is 19.6 Å². The van der Waals surface area contributed by atoms with Gasteiger partial charge in [0.1, 0.15) is 0 Å². The maximum absolute atomic E-state index is 5.96. The number of nitrogens with zero attached hydrogens (tertiary/aromatic N) is 1. The summed E-state index contributed by atoms with van der Waals surface area (Å²) >= 11 is 0. The molecule has 0 aromatic carbocycles. The second-order valence-corrected chi connectivity index (χ2v) is 7.21. The first-order valence-electron chi connectivity index (χ1n) is 6.55. The SMILES string of the molecule is CC(C)(C)CCO[C@@H]1CCN(C(C)(C)C)C1. The van der Waals surface area contributed by atoms with Crippen LogP contribution >= 0.6 is 0 Å². The van der Waals surface area contributed by atoms with E-state index < -0.39 is 0 Å². The Morgan fingerprint density at radius 1 is 1.12 bits per heavy atom. The molecule has 0 N–H and O–H groups in total. The summed E-state index contributed by atoms with van der Waals surface area (Å²) in [6, 6.07) is 0. The van der Waals surface area contributed by atoms with Crippen molar-refractivity contribution >= 4 is 0 Å². The smallest absolute Gasteiger partial charge is 0.0714 e. The van der Waals surface area contributed by atoms with E-state index in [1.165, 1.54) is 13.0 Å². The van der Waals surface area contributed by atoms with Crippen molar-refractivity contribution in [2.24, 2.45) is 5.41 Å². The van der Waals surface area contributed by atoms with Gasteiger partial charge in [0.25, 0.3) is 0 Å². The fraction of sp³-hybridized carbons (Fsp3) is 1.00. The lowest BCUT2D eigenvalue weighted by Crippen LogP contribution is -2.40. The molecule has 1 atom stereocenters. The van der Waals surface area contributed by atoms with Crippen molar-refractivity contribution in [3.05, 3.63) is 0 Å². The summed E-state index contributed by atoms with van der Waals surface area (Å²) in [5.74, 6) is 0. The van der Waals surface area contributed by atoms with E-state index in [4.69, 9.17) is 4.74 Å². The zero-order chi connectivity index (χ0) is 12.4. The first-order chi connectivity index (χ1) is 7.18. The Morgan fingerprint density at radius 3 is 2.19 bits per heavy atom. The molecule has 0 radical (unpaired) electrons. The van der Waals surface area contributed by atoms with Crippen LogP contribution < -0.4 is 0 Å². The van der Waals surface area contributed by atoms with Gasteiger partial charge in [-0.1, -0.05) is 20.8 Å². The van der Waals surface area contributed by atoms with Crippen LogP contribution in [0.5, 0.6) is 0 Å². The van der Waals surface area contributed by atoms with Crippen LogP contribution in [0.15, 0.2) is 0 Å². The van der Waals surface area contributed by atoms with Gasteiger partial charge >= 0.3 is 0 Å². The van der Waals surface area contributed by atoms with Crippen molar-refractivity contribution in [3.8, 4) is 0 Å². The molecule has 0 aromatic heterocycles. The summed E-state index contributed by atoms with van der Waals surface area (Å²) in [4.78, 5) is 2.52. The number of hydrogen-bond donors (Lipinski definition) is 0. The highest BCUT2D eigenvalue weighted by Crippen LogP contribution is 2.23. The third-order valence-electron chi connectivity index (χ3n) is 3.30. The summed E-state index contributed by atoms with van der Waals surface area (Å²) in [5.41, 5.74) is 0.685. The molecule has 96 valence electrons. The molecule has 2 nitrogen and oxygen atoms in total. The van der Waals surface area contributed by atoms with E-state index in [9.17, 15) is 0 Å². The van der Waals surface area contributed by atoms with Crippen molar-refractivity contribution in [1.29, 1.82) is 0 Å². The molecule has 0 unspecified atom stereocenters. The Balaban J connectivity index is 2.22. The number of likely N-dealkylation sites (tertiary alicyclic amines) is 1. The Kier molecular flexibility index (Phi) is 4.42. The van der Waals surface area contributed by atoms with E-state index in [1.54, 1.807) is 0 Å². The topological polar surface area (TPSA) is 12.5 Å². The standard InChI is InChI=1S/C14H29NO/c1-13(2,3)8-10-16-12-7-9-15(11-12)14(4,5)6/h12H,7-11H2,1-6H3/t12-/m1/s1. The largest absolute Gasteiger partial charge is 0.377 e. The van der Waals surface area contributed by atoms with E-state index in [2.05, 4.69) is 46.4 Å². The average molecular weight is 227 g/mol. The van der Waals surface area contributed by atoms with Gasteiger partial charge in [-0.05, 0) is 39.0 Å². The van der Waals surface area contributed by atoms with Crippen LogP contribution in [0, 0.1) is 5.41 Å². The third-order valence-corrected chi connectivity index (χ3v) is 3.30. The summed E-state index contributed by atoms with van der Waals surface area (Å²) in [6.45, 7) is 16.9. The highest BCUT2D eigenvalue weighted by Gasteiger charge is 2.30. The maximum Gasteiger partial charge on any atom is 0.0714 e. The molecule has 1 rings (SSSR count). The lowest BCUT2D eigenvalue weighted by molar-refractivity contribution is 0.0355. The molecule has 0 aromatic rings. The Labute approximate surface area is 101 Å². The van der Waals surface area contributed by atoms with Crippen molar-refractivity contribution < 1.29 is 4.74 Å². The summed E-state index contributed by atoms with van der Waals surface area (Å²) in [5, 5.41) is 0. The maximum atomic E-state index is 5.96. The molecule has 0 amide bonds. The minimum atomic E-state index is 0.294. The van der Waals surface area contributed by atoms with Crippen LogP contribution in [0.2, 0.25) is 0 Å². The zero-order valence-electron chi connectivity index (χ0n) is 12.0. The number of ether oxygens (including phenoxy) is 1. The molecule has 0 spiro atoms. The molecule has 0 aliphatic carbocycles. The predicted octanol–water partition coefficient (Wildman–Crippen LogP) is 3.31. The minimum absolute atomic E-state index is 0.294. The molecule has 0 bridgehead atoms. The summed E-state index contributed by atoms with van der Waals surface area (Å²) in [7, 11) is 0. The van der Waals surface area contributed by atoms with E-state index in [0.29, 0.717) is 17.1 Å². The van der Waals surface area contributed by atoms with E-state index in [-0.39, 0.29) is 0 Å². The molecule has 1 aliphatic heterocycles. The van der Waals surface area contributed by atoms with Gasteiger partial charge in [0.15, 0.2) is 0 Å². The van der Waals surface area contributed by atoms with Crippen molar-refractivity contribution in [3.63, 3.8) is 0 Å². The molecular formula is C14H29NO. The second-order valence-electron chi connectivity index (χ2n) is 7.21. The van der Waals surface area contributed by atoms with Gasteiger partial charge < -0.3 is 4.74 Å². The number of rotatable bonds is 3. The molecule has 1 heterocycles. The summed E-state index contributed by atoms with van der Waals surface area (Å²) < 4.78 is 5.96. The summed E-state index contributed by atoms with van der Waals surface area (Å²) in [6.07, 6.45) is 2.81. The third kappa shape index (κ3) is 4.84. The molecule has 1 fully saturated rings. The van der Waals surface area contributed by atoms with Gasteiger partial charge in [-0.2, -0.15) is 0 Å². The van der Waals surface area contributed by atoms with Gasteiger partial charge in [-0.15, -0.1) is 0 Å². The van der Waals surface area contributed by atoms with E-state index in [1.807, 2.05) is 0 Å². The van der Waals surface area contributed by atoms with Crippen LogP contribution in [0.25, 0.3) is 0 Å². The molecule has 1 saturated heterocycles. The lowest BCUT2D eigenvalue weighted by atomic mass is 9.93. The van der Waals surface area contributed by atoms with Crippen molar-refractivity contribution in [1.82, 2.24) is 4.90 Å². The van der Waals surface area contributed by atoms with Crippen LogP contribution in [-0.4, -0.2) is 36.2 Å². The van der Waals surface area contributed by atoms with Crippen LogP contribution in [0.3, 0.4) is 0 Å². The van der Waals surface area contributed by atoms with Gasteiger partial charge in [0.2, 0.25) is 0 Å². The minimum Gasteiger partial charge on any atom is -0.377 e. The fourth-order valence-corrected chi connectivity index (χ4v) is 2.01. The number of hydrogen-bond acceptors (Lipinski definition) is 2. The van der Waals surface area contributed by atoms with Gasteiger partial charge in [0.05, 0.1) is 6.10 Å². The van der Waals surface area contributed by atoms with Crippen LogP contribution in [0.1, 0.15) is 54.4 Å². The molecule has 0 saturated carbocycles. The quantitative estimate of drug-likeness (QED) is 0.733. The Hall–Kier alpha value is -0.0800.